The SMILES string of the molecule is COc1ccc(CCCc2nc3cc(/C(C(C)=N)=C(\C)O)ccn3c2NC2CCCCC2)cc1. The van der Waals surface area contributed by atoms with Crippen LogP contribution >= 0.6 is 0 Å². The molecule has 34 heavy (non-hydrogen) atoms. The maximum absolute atomic E-state index is 10.1. The Bertz CT molecular complexity index is 1170. The van der Waals surface area contributed by atoms with E-state index in [1.807, 2.05) is 30.5 Å². The van der Waals surface area contributed by atoms with Crippen LogP contribution in [0.3, 0.4) is 0 Å². The second-order valence-corrected chi connectivity index (χ2v) is 9.32. The standard InChI is InChI=1S/C28H36N4O2/c1-19(29)27(20(2)33)22-16-17-32-26(18-22)31-25(28(32)30-23-9-5-4-6-10-23)11-7-8-21-12-14-24(34-3)15-13-21/h12-18,23,29-30,33H,4-11H2,1-3H3/b27-20+,29-19?. The number of nitrogens with zero attached hydrogens (tertiary/aromatic N) is 2. The lowest BCUT2D eigenvalue weighted by atomic mass is 9.95. The van der Waals surface area contributed by atoms with Gasteiger partial charge in [0.1, 0.15) is 17.2 Å². The number of imidazole rings is 1. The van der Waals surface area contributed by atoms with Crippen LogP contribution in [0.2, 0.25) is 0 Å². The third-order valence-electron chi connectivity index (χ3n) is 6.71. The zero-order valence-electron chi connectivity index (χ0n) is 20.5. The van der Waals surface area contributed by atoms with Crippen LogP contribution in [0.15, 0.2) is 48.4 Å². The number of aliphatic hydroxyl groups excluding tert-OH is 1. The van der Waals surface area contributed by atoms with Gasteiger partial charge in [-0.3, -0.25) is 4.40 Å². The number of ether oxygens (including phenoxy) is 1. The Morgan fingerprint density at radius 3 is 2.50 bits per heavy atom. The van der Waals surface area contributed by atoms with Crippen LogP contribution in [0.1, 0.15) is 69.2 Å². The average molecular weight is 461 g/mol. The van der Waals surface area contributed by atoms with Gasteiger partial charge in [0.25, 0.3) is 0 Å². The van der Waals surface area contributed by atoms with Crippen molar-refractivity contribution in [3.05, 3.63) is 65.2 Å². The molecule has 0 radical (unpaired) electrons. The fraction of sp³-hybridized carbons (Fsp3) is 0.429. The highest BCUT2D eigenvalue weighted by Crippen LogP contribution is 2.28. The number of methoxy groups -OCH3 is 1. The number of hydrogen-bond acceptors (Lipinski definition) is 5. The normalized spacial score (nSPS) is 15.3. The van der Waals surface area contributed by atoms with Gasteiger partial charge in [-0.2, -0.15) is 0 Å². The second kappa shape index (κ2) is 10.8. The molecule has 0 atom stereocenters. The summed E-state index contributed by atoms with van der Waals surface area (Å²) in [6, 6.07) is 12.7. The van der Waals surface area contributed by atoms with Crippen molar-refractivity contribution in [3.63, 3.8) is 0 Å². The summed E-state index contributed by atoms with van der Waals surface area (Å²) in [6.07, 6.45) is 11.1. The minimum absolute atomic E-state index is 0.156. The van der Waals surface area contributed by atoms with Crippen molar-refractivity contribution in [2.45, 2.75) is 71.3 Å². The smallest absolute Gasteiger partial charge is 0.139 e. The Labute approximate surface area is 202 Å². The van der Waals surface area contributed by atoms with Crippen LogP contribution in [0, 0.1) is 5.41 Å². The number of benzene rings is 1. The van der Waals surface area contributed by atoms with Gasteiger partial charge in [-0.05, 0) is 81.3 Å². The van der Waals surface area contributed by atoms with Crippen LogP contribution in [0.4, 0.5) is 5.82 Å². The monoisotopic (exact) mass is 460 g/mol. The largest absolute Gasteiger partial charge is 0.512 e. The van der Waals surface area contributed by atoms with Gasteiger partial charge in [0.2, 0.25) is 0 Å². The van der Waals surface area contributed by atoms with E-state index in [0.717, 1.165) is 47.7 Å². The van der Waals surface area contributed by atoms with Gasteiger partial charge in [-0.1, -0.05) is 31.4 Å². The van der Waals surface area contributed by atoms with Crippen LogP contribution in [0.25, 0.3) is 11.2 Å². The van der Waals surface area contributed by atoms with Gasteiger partial charge in [-0.25, -0.2) is 4.98 Å². The van der Waals surface area contributed by atoms with E-state index in [4.69, 9.17) is 15.1 Å². The number of hydrogen-bond donors (Lipinski definition) is 3. The molecule has 2 aromatic heterocycles. The molecule has 180 valence electrons. The first-order chi connectivity index (χ1) is 16.5. The summed E-state index contributed by atoms with van der Waals surface area (Å²) < 4.78 is 7.40. The van der Waals surface area contributed by atoms with Crippen LogP contribution in [0.5, 0.6) is 5.75 Å². The van der Waals surface area contributed by atoms with E-state index in [0.29, 0.717) is 17.3 Å². The number of allylic oxidation sites excluding steroid dienone is 2. The van der Waals surface area contributed by atoms with Crippen molar-refractivity contribution in [3.8, 4) is 5.75 Å². The summed E-state index contributed by atoms with van der Waals surface area (Å²) in [5.41, 5.74) is 4.94. The summed E-state index contributed by atoms with van der Waals surface area (Å²) in [5.74, 6) is 2.12. The second-order valence-electron chi connectivity index (χ2n) is 9.32. The minimum Gasteiger partial charge on any atom is -0.512 e. The van der Waals surface area contributed by atoms with Crippen LogP contribution < -0.4 is 10.1 Å². The summed E-state index contributed by atoms with van der Waals surface area (Å²) >= 11 is 0. The van der Waals surface area contributed by atoms with Crippen molar-refractivity contribution in [1.82, 2.24) is 9.38 Å². The highest BCUT2D eigenvalue weighted by molar-refractivity contribution is 6.21. The van der Waals surface area contributed by atoms with E-state index < -0.39 is 0 Å². The Balaban J connectivity index is 1.61. The quantitative estimate of drug-likeness (QED) is 0.248. The van der Waals surface area contributed by atoms with Crippen LogP contribution in [-0.2, 0) is 12.8 Å². The zero-order chi connectivity index (χ0) is 24.1. The third kappa shape index (κ3) is 5.44. The van der Waals surface area contributed by atoms with Gasteiger partial charge in [-0.15, -0.1) is 0 Å². The zero-order valence-corrected chi connectivity index (χ0v) is 20.5. The van der Waals surface area contributed by atoms with Gasteiger partial charge in [0.15, 0.2) is 0 Å². The first-order valence-electron chi connectivity index (χ1n) is 12.3. The van der Waals surface area contributed by atoms with E-state index in [9.17, 15) is 5.11 Å². The maximum atomic E-state index is 10.1. The molecule has 4 rings (SSSR count). The molecule has 1 aromatic carbocycles. The van der Waals surface area contributed by atoms with Gasteiger partial charge in [0.05, 0.1) is 18.6 Å². The molecule has 1 fully saturated rings. The number of aliphatic hydroxyl groups is 1. The summed E-state index contributed by atoms with van der Waals surface area (Å²) in [6.45, 7) is 3.33. The van der Waals surface area contributed by atoms with Crippen molar-refractivity contribution in [2.24, 2.45) is 0 Å². The maximum Gasteiger partial charge on any atom is 0.139 e. The van der Waals surface area contributed by atoms with E-state index >= 15 is 0 Å². The summed E-state index contributed by atoms with van der Waals surface area (Å²) in [7, 11) is 1.69. The number of nitrogens with one attached hydrogen (secondary N) is 2. The first kappa shape index (κ1) is 23.9. The molecular formula is C28H36N4O2. The van der Waals surface area contributed by atoms with Crippen LogP contribution in [-0.4, -0.2) is 33.4 Å². The number of anilines is 1. The number of rotatable bonds is 9. The number of aryl methyl sites for hydroxylation is 2. The minimum atomic E-state index is 0.156. The Morgan fingerprint density at radius 2 is 1.85 bits per heavy atom. The number of fused-ring (bicyclic) bond motifs is 1. The Kier molecular flexibility index (Phi) is 7.56. The lowest BCUT2D eigenvalue weighted by molar-refractivity contribution is 0.414. The highest BCUT2D eigenvalue weighted by atomic mass is 16.5. The molecular weight excluding hydrogens is 424 g/mol. The Hall–Kier alpha value is -3.28. The molecule has 0 unspecified atom stereocenters. The highest BCUT2D eigenvalue weighted by Gasteiger charge is 2.19. The first-order valence-corrected chi connectivity index (χ1v) is 12.3. The third-order valence-corrected chi connectivity index (χ3v) is 6.71. The van der Waals surface area contributed by atoms with E-state index in [1.165, 1.54) is 37.7 Å². The summed E-state index contributed by atoms with van der Waals surface area (Å²) in [4.78, 5) is 5.00. The molecule has 1 aliphatic carbocycles. The molecule has 1 aliphatic rings. The molecule has 6 heteroatoms. The molecule has 0 amide bonds. The molecule has 6 nitrogen and oxygen atoms in total. The van der Waals surface area contributed by atoms with E-state index in [1.54, 1.807) is 21.0 Å². The van der Waals surface area contributed by atoms with Gasteiger partial charge in [0, 0.05) is 23.5 Å². The van der Waals surface area contributed by atoms with Crippen molar-refractivity contribution in [2.75, 3.05) is 12.4 Å². The molecule has 0 bridgehead atoms. The fourth-order valence-electron chi connectivity index (χ4n) is 4.97. The van der Waals surface area contributed by atoms with E-state index in [2.05, 4.69) is 21.9 Å². The molecule has 0 aliphatic heterocycles. The predicted octanol–water partition coefficient (Wildman–Crippen LogP) is 6.59. The van der Waals surface area contributed by atoms with Crippen molar-refractivity contribution >= 4 is 22.7 Å². The molecule has 3 N–H and O–H groups in total. The van der Waals surface area contributed by atoms with E-state index in [-0.39, 0.29) is 5.76 Å². The predicted molar refractivity (Wildman–Crippen MR) is 139 cm³/mol. The molecule has 3 aromatic rings. The molecule has 0 spiro atoms. The lowest BCUT2D eigenvalue weighted by Crippen LogP contribution is -2.23. The number of pyridine rings is 1. The van der Waals surface area contributed by atoms with Crippen molar-refractivity contribution < 1.29 is 9.84 Å². The van der Waals surface area contributed by atoms with Gasteiger partial charge < -0.3 is 20.6 Å². The number of aromatic nitrogens is 2. The molecule has 1 saturated carbocycles. The fourth-order valence-corrected chi connectivity index (χ4v) is 4.97. The summed E-state index contributed by atoms with van der Waals surface area (Å²) in [5, 5.41) is 22.0. The van der Waals surface area contributed by atoms with Gasteiger partial charge >= 0.3 is 0 Å². The van der Waals surface area contributed by atoms with Crippen molar-refractivity contribution in [1.29, 1.82) is 5.41 Å². The Morgan fingerprint density at radius 1 is 1.12 bits per heavy atom. The molecule has 2 heterocycles. The average Bonchev–Trinajstić information content (AvgIpc) is 3.16. The topological polar surface area (TPSA) is 82.6 Å². The molecule has 0 saturated heterocycles. The lowest BCUT2D eigenvalue weighted by Gasteiger charge is -2.24.